The Labute approximate surface area is 177 Å². The van der Waals surface area contributed by atoms with Gasteiger partial charge in [0.1, 0.15) is 10.8 Å². The van der Waals surface area contributed by atoms with E-state index in [1.807, 2.05) is 4.90 Å². The van der Waals surface area contributed by atoms with Crippen LogP contribution in [0.1, 0.15) is 22.8 Å². The first-order valence-electron chi connectivity index (χ1n) is 9.22. The summed E-state index contributed by atoms with van der Waals surface area (Å²) in [5.41, 5.74) is 0.983. The lowest BCUT2D eigenvalue weighted by Gasteiger charge is -2.35. The molecule has 1 amide bonds. The lowest BCUT2D eigenvalue weighted by Crippen LogP contribution is -2.48. The molecule has 3 rings (SSSR count). The highest BCUT2D eigenvalue weighted by molar-refractivity contribution is 6.32. The fraction of sp³-hybridized carbons (Fsp3) is 0.238. The Morgan fingerprint density at radius 2 is 1.83 bits per heavy atom. The summed E-state index contributed by atoms with van der Waals surface area (Å²) < 4.78 is 14.3. The Morgan fingerprint density at radius 1 is 1.13 bits per heavy atom. The molecule has 0 aliphatic carbocycles. The maximum absolute atomic E-state index is 14.3. The number of piperazine rings is 1. The third-order valence-corrected chi connectivity index (χ3v) is 5.19. The van der Waals surface area contributed by atoms with Crippen LogP contribution in [0, 0.1) is 15.9 Å². The molecule has 9 heteroatoms. The van der Waals surface area contributed by atoms with Crippen LogP contribution in [0.25, 0.3) is 6.08 Å². The van der Waals surface area contributed by atoms with Crippen LogP contribution in [-0.2, 0) is 4.79 Å². The van der Waals surface area contributed by atoms with Crippen LogP contribution >= 0.6 is 11.6 Å². The standard InChI is InChI=1S/C21H19ClFN3O4/c1-14(27)16-4-6-19(18(23)13-16)24-8-10-25(11-9-24)21(28)7-3-15-2-5-17(22)20(12-15)26(29)30/h2-7,12-13H,8-11H2,1H3/b7-3+. The molecule has 1 aliphatic heterocycles. The summed E-state index contributed by atoms with van der Waals surface area (Å²) in [6, 6.07) is 8.70. The van der Waals surface area contributed by atoms with Gasteiger partial charge in [0, 0.05) is 43.9 Å². The van der Waals surface area contributed by atoms with E-state index in [-0.39, 0.29) is 22.4 Å². The molecule has 0 saturated carbocycles. The van der Waals surface area contributed by atoms with Crippen LogP contribution in [0.5, 0.6) is 0 Å². The summed E-state index contributed by atoms with van der Waals surface area (Å²) >= 11 is 5.79. The van der Waals surface area contributed by atoms with E-state index in [0.717, 1.165) is 0 Å². The number of carbonyl (C=O) groups is 2. The number of halogens is 2. The number of hydrogen-bond donors (Lipinski definition) is 0. The molecule has 2 aromatic rings. The normalized spacial score (nSPS) is 14.2. The van der Waals surface area contributed by atoms with Crippen molar-refractivity contribution in [3.05, 3.63) is 74.6 Å². The SMILES string of the molecule is CC(=O)c1ccc(N2CCN(C(=O)/C=C/c3ccc(Cl)c([N+](=O)[O-])c3)CC2)c(F)c1. The van der Waals surface area contributed by atoms with E-state index in [4.69, 9.17) is 11.6 Å². The number of anilines is 1. The van der Waals surface area contributed by atoms with Gasteiger partial charge in [0.05, 0.1) is 10.6 Å². The smallest absolute Gasteiger partial charge is 0.288 e. The quantitative estimate of drug-likeness (QED) is 0.310. The molecule has 1 fully saturated rings. The number of hydrogen-bond acceptors (Lipinski definition) is 5. The number of rotatable bonds is 5. The highest BCUT2D eigenvalue weighted by atomic mass is 35.5. The zero-order valence-electron chi connectivity index (χ0n) is 16.2. The van der Waals surface area contributed by atoms with E-state index in [1.54, 1.807) is 23.1 Å². The van der Waals surface area contributed by atoms with E-state index in [1.165, 1.54) is 37.3 Å². The third kappa shape index (κ3) is 4.83. The number of amides is 1. The number of nitrogens with zero attached hydrogens (tertiary/aromatic N) is 3. The molecule has 2 aromatic carbocycles. The fourth-order valence-electron chi connectivity index (χ4n) is 3.20. The number of nitro benzene ring substituents is 1. The first-order valence-corrected chi connectivity index (χ1v) is 9.60. The van der Waals surface area contributed by atoms with Crippen molar-refractivity contribution in [1.82, 2.24) is 4.90 Å². The molecule has 0 radical (unpaired) electrons. The van der Waals surface area contributed by atoms with E-state index in [2.05, 4.69) is 0 Å². The van der Waals surface area contributed by atoms with E-state index >= 15 is 0 Å². The Morgan fingerprint density at radius 3 is 2.43 bits per heavy atom. The minimum Gasteiger partial charge on any atom is -0.366 e. The number of Topliss-reactive ketones (excluding diaryl/α,β-unsaturated/α-hetero) is 1. The summed E-state index contributed by atoms with van der Waals surface area (Å²) in [7, 11) is 0. The van der Waals surface area contributed by atoms with Gasteiger partial charge in [-0.2, -0.15) is 0 Å². The number of ketones is 1. The molecule has 1 heterocycles. The number of nitro groups is 1. The molecule has 0 aromatic heterocycles. The molecule has 156 valence electrons. The summed E-state index contributed by atoms with van der Waals surface area (Å²) in [6.45, 7) is 3.08. The minimum atomic E-state index is -0.581. The van der Waals surface area contributed by atoms with Gasteiger partial charge in [0.15, 0.2) is 5.78 Å². The van der Waals surface area contributed by atoms with E-state index < -0.39 is 10.7 Å². The van der Waals surface area contributed by atoms with Gasteiger partial charge >= 0.3 is 0 Å². The van der Waals surface area contributed by atoms with Gasteiger partial charge in [-0.15, -0.1) is 0 Å². The molecule has 1 aliphatic rings. The van der Waals surface area contributed by atoms with Crippen LogP contribution < -0.4 is 4.90 Å². The van der Waals surface area contributed by atoms with Crippen molar-refractivity contribution in [3.8, 4) is 0 Å². The second-order valence-electron chi connectivity index (χ2n) is 6.84. The lowest BCUT2D eigenvalue weighted by molar-refractivity contribution is -0.384. The van der Waals surface area contributed by atoms with Crippen LogP contribution in [0.15, 0.2) is 42.5 Å². The van der Waals surface area contributed by atoms with Crippen molar-refractivity contribution in [3.63, 3.8) is 0 Å². The molecular weight excluding hydrogens is 413 g/mol. The maximum atomic E-state index is 14.3. The van der Waals surface area contributed by atoms with E-state index in [0.29, 0.717) is 43.0 Å². The van der Waals surface area contributed by atoms with Crippen LogP contribution in [0.4, 0.5) is 15.8 Å². The van der Waals surface area contributed by atoms with Crippen molar-refractivity contribution < 1.29 is 18.9 Å². The average molecular weight is 432 g/mol. The molecule has 30 heavy (non-hydrogen) atoms. The third-order valence-electron chi connectivity index (χ3n) is 4.87. The minimum absolute atomic E-state index is 0.0307. The Hall–Kier alpha value is -3.26. The van der Waals surface area contributed by atoms with Crippen molar-refractivity contribution in [2.75, 3.05) is 31.1 Å². The maximum Gasteiger partial charge on any atom is 0.288 e. The Bertz CT molecular complexity index is 1030. The number of carbonyl (C=O) groups excluding carboxylic acids is 2. The molecule has 0 unspecified atom stereocenters. The Balaban J connectivity index is 1.62. The van der Waals surface area contributed by atoms with Crippen LogP contribution in [0.2, 0.25) is 5.02 Å². The largest absolute Gasteiger partial charge is 0.366 e. The van der Waals surface area contributed by atoms with E-state index in [9.17, 15) is 24.1 Å². The second-order valence-corrected chi connectivity index (χ2v) is 7.24. The second kappa shape index (κ2) is 9.04. The predicted molar refractivity (Wildman–Crippen MR) is 112 cm³/mol. The highest BCUT2D eigenvalue weighted by Crippen LogP contribution is 2.26. The molecular formula is C21H19ClFN3O4. The molecule has 1 saturated heterocycles. The summed E-state index contributed by atoms with van der Waals surface area (Å²) in [4.78, 5) is 37.6. The van der Waals surface area contributed by atoms with Crippen LogP contribution in [-0.4, -0.2) is 47.7 Å². The number of benzene rings is 2. The summed E-state index contributed by atoms with van der Waals surface area (Å²) in [6.07, 6.45) is 2.85. The lowest BCUT2D eigenvalue weighted by atomic mass is 10.1. The van der Waals surface area contributed by atoms with Gasteiger partial charge in [-0.3, -0.25) is 19.7 Å². The van der Waals surface area contributed by atoms with Gasteiger partial charge in [0.2, 0.25) is 5.91 Å². The van der Waals surface area contributed by atoms with Crippen molar-refractivity contribution in [1.29, 1.82) is 0 Å². The zero-order chi connectivity index (χ0) is 21.8. The van der Waals surface area contributed by atoms with Gasteiger partial charge in [-0.05, 0) is 42.8 Å². The Kier molecular flexibility index (Phi) is 6.47. The van der Waals surface area contributed by atoms with Gasteiger partial charge in [0.25, 0.3) is 5.69 Å². The van der Waals surface area contributed by atoms with Crippen molar-refractivity contribution in [2.24, 2.45) is 0 Å². The fourth-order valence-corrected chi connectivity index (χ4v) is 3.38. The van der Waals surface area contributed by atoms with Crippen LogP contribution in [0.3, 0.4) is 0 Å². The molecule has 0 bridgehead atoms. The zero-order valence-corrected chi connectivity index (χ0v) is 16.9. The monoisotopic (exact) mass is 431 g/mol. The highest BCUT2D eigenvalue weighted by Gasteiger charge is 2.22. The average Bonchev–Trinajstić information content (AvgIpc) is 2.72. The molecule has 0 N–H and O–H groups in total. The summed E-state index contributed by atoms with van der Waals surface area (Å²) in [5.74, 6) is -0.903. The van der Waals surface area contributed by atoms with Crippen molar-refractivity contribution >= 4 is 40.7 Å². The molecule has 0 spiro atoms. The van der Waals surface area contributed by atoms with Gasteiger partial charge in [-0.1, -0.05) is 17.7 Å². The first kappa shape index (κ1) is 21.4. The summed E-state index contributed by atoms with van der Waals surface area (Å²) in [5, 5.41) is 11.0. The molecule has 7 nitrogen and oxygen atoms in total. The molecule has 0 atom stereocenters. The van der Waals surface area contributed by atoms with Crippen molar-refractivity contribution in [2.45, 2.75) is 6.92 Å². The van der Waals surface area contributed by atoms with Gasteiger partial charge < -0.3 is 9.80 Å². The first-order chi connectivity index (χ1) is 14.3. The topological polar surface area (TPSA) is 83.8 Å². The predicted octanol–water partition coefficient (Wildman–Crippen LogP) is 3.95. The van der Waals surface area contributed by atoms with Gasteiger partial charge in [-0.25, -0.2) is 4.39 Å².